The Balaban J connectivity index is 1.66. The molecule has 0 fully saturated rings. The molecule has 1 heterocycles. The Bertz CT molecular complexity index is 776. The summed E-state index contributed by atoms with van der Waals surface area (Å²) in [5.41, 5.74) is 7.09. The summed E-state index contributed by atoms with van der Waals surface area (Å²) in [5, 5.41) is 16.1. The highest BCUT2D eigenvalue weighted by molar-refractivity contribution is 7.14. The third kappa shape index (κ3) is 3.51. The van der Waals surface area contributed by atoms with Crippen molar-refractivity contribution >= 4 is 22.7 Å². The van der Waals surface area contributed by atoms with E-state index in [1.54, 1.807) is 30.5 Å². The molecule has 0 atom stereocenters. The summed E-state index contributed by atoms with van der Waals surface area (Å²) >= 11 is 1.51. The maximum atomic E-state index is 9.22. The molecule has 0 unspecified atom stereocenters. The first-order chi connectivity index (χ1) is 10.7. The third-order valence-corrected chi connectivity index (χ3v) is 3.87. The van der Waals surface area contributed by atoms with Crippen LogP contribution in [0.1, 0.15) is 11.1 Å². The molecule has 0 saturated carbocycles. The lowest BCUT2D eigenvalue weighted by Gasteiger charge is -1.97. The minimum absolute atomic E-state index is 0.243. The van der Waals surface area contributed by atoms with Gasteiger partial charge < -0.3 is 5.11 Å². The number of hydrogen-bond acceptors (Lipinski definition) is 5. The van der Waals surface area contributed by atoms with Gasteiger partial charge in [0.25, 0.3) is 0 Å². The third-order valence-electron chi connectivity index (χ3n) is 3.12. The molecule has 0 spiro atoms. The number of rotatable bonds is 4. The van der Waals surface area contributed by atoms with E-state index >= 15 is 0 Å². The van der Waals surface area contributed by atoms with E-state index in [2.05, 4.69) is 46.7 Å². The van der Waals surface area contributed by atoms with Crippen LogP contribution >= 0.6 is 11.3 Å². The molecule has 3 rings (SSSR count). The van der Waals surface area contributed by atoms with Gasteiger partial charge in [-0.05, 0) is 36.8 Å². The first-order valence-corrected chi connectivity index (χ1v) is 7.69. The predicted octanol–water partition coefficient (Wildman–Crippen LogP) is 4.27. The molecule has 0 amide bonds. The SMILES string of the molecule is Cc1ccc(-c2csc(N/N=C\c3ccc(O)cc3)n2)cc1. The van der Waals surface area contributed by atoms with Crippen LogP contribution in [0.3, 0.4) is 0 Å². The summed E-state index contributed by atoms with van der Waals surface area (Å²) in [6.45, 7) is 2.07. The minimum Gasteiger partial charge on any atom is -0.508 e. The number of hydrogen-bond donors (Lipinski definition) is 2. The highest BCUT2D eigenvalue weighted by Gasteiger charge is 2.03. The Morgan fingerprint density at radius 2 is 1.82 bits per heavy atom. The number of benzene rings is 2. The van der Waals surface area contributed by atoms with Crippen LogP contribution in [0.4, 0.5) is 5.13 Å². The van der Waals surface area contributed by atoms with Crippen LogP contribution in [0.15, 0.2) is 59.0 Å². The highest BCUT2D eigenvalue weighted by atomic mass is 32.1. The maximum absolute atomic E-state index is 9.22. The standard InChI is InChI=1S/C17H15N3OS/c1-12-2-6-14(7-3-12)16-11-22-17(19-16)20-18-10-13-4-8-15(21)9-5-13/h2-11,21H,1H3,(H,19,20)/b18-10-. The van der Waals surface area contributed by atoms with Gasteiger partial charge in [0.15, 0.2) is 0 Å². The molecule has 1 aromatic heterocycles. The smallest absolute Gasteiger partial charge is 0.203 e. The summed E-state index contributed by atoms with van der Waals surface area (Å²) in [7, 11) is 0. The molecule has 0 aliphatic heterocycles. The number of nitrogens with one attached hydrogen (secondary N) is 1. The van der Waals surface area contributed by atoms with Crippen LogP contribution < -0.4 is 5.43 Å². The van der Waals surface area contributed by atoms with Crippen molar-refractivity contribution in [3.63, 3.8) is 0 Å². The summed E-state index contributed by atoms with van der Waals surface area (Å²) < 4.78 is 0. The summed E-state index contributed by atoms with van der Waals surface area (Å²) in [6.07, 6.45) is 1.69. The van der Waals surface area contributed by atoms with Gasteiger partial charge in [-0.3, -0.25) is 5.43 Å². The van der Waals surface area contributed by atoms with Crippen molar-refractivity contribution in [2.75, 3.05) is 5.43 Å². The van der Waals surface area contributed by atoms with Crippen LogP contribution in [0.25, 0.3) is 11.3 Å². The zero-order valence-corrected chi connectivity index (χ0v) is 12.8. The zero-order chi connectivity index (χ0) is 15.4. The molecule has 22 heavy (non-hydrogen) atoms. The summed E-state index contributed by atoms with van der Waals surface area (Å²) in [4.78, 5) is 4.51. The van der Waals surface area contributed by atoms with Crippen molar-refractivity contribution in [1.82, 2.24) is 4.98 Å². The molecule has 0 saturated heterocycles. The molecule has 110 valence electrons. The van der Waals surface area contributed by atoms with Crippen molar-refractivity contribution < 1.29 is 5.11 Å². The van der Waals surface area contributed by atoms with Gasteiger partial charge in [-0.2, -0.15) is 5.10 Å². The first kappa shape index (κ1) is 14.3. The molecule has 4 nitrogen and oxygen atoms in total. The Morgan fingerprint density at radius 3 is 2.55 bits per heavy atom. The Kier molecular flexibility index (Phi) is 4.16. The van der Waals surface area contributed by atoms with Gasteiger partial charge >= 0.3 is 0 Å². The number of anilines is 1. The number of phenolic OH excluding ortho intramolecular Hbond substituents is 1. The van der Waals surface area contributed by atoms with Gasteiger partial charge in [0.1, 0.15) is 5.75 Å². The normalized spacial score (nSPS) is 11.0. The van der Waals surface area contributed by atoms with Crippen LogP contribution in [0.2, 0.25) is 0 Å². The molecule has 2 aromatic carbocycles. The van der Waals surface area contributed by atoms with Gasteiger partial charge in [-0.25, -0.2) is 4.98 Å². The lowest BCUT2D eigenvalue weighted by atomic mass is 10.1. The second-order valence-electron chi connectivity index (χ2n) is 4.87. The van der Waals surface area contributed by atoms with Gasteiger partial charge in [0.2, 0.25) is 5.13 Å². The first-order valence-electron chi connectivity index (χ1n) is 6.81. The van der Waals surface area contributed by atoms with Crippen molar-refractivity contribution in [3.05, 3.63) is 65.0 Å². The number of phenols is 1. The second-order valence-corrected chi connectivity index (χ2v) is 5.72. The van der Waals surface area contributed by atoms with E-state index in [4.69, 9.17) is 0 Å². The van der Waals surface area contributed by atoms with Gasteiger partial charge in [0.05, 0.1) is 11.9 Å². The van der Waals surface area contributed by atoms with E-state index in [0.29, 0.717) is 0 Å². The Hall–Kier alpha value is -2.66. The van der Waals surface area contributed by atoms with Crippen LogP contribution in [-0.2, 0) is 0 Å². The van der Waals surface area contributed by atoms with Crippen molar-refractivity contribution in [2.24, 2.45) is 5.10 Å². The predicted molar refractivity (Wildman–Crippen MR) is 91.6 cm³/mol. The highest BCUT2D eigenvalue weighted by Crippen LogP contribution is 2.25. The maximum Gasteiger partial charge on any atom is 0.203 e. The lowest BCUT2D eigenvalue weighted by Crippen LogP contribution is -1.90. The number of aromatic nitrogens is 1. The Morgan fingerprint density at radius 1 is 1.09 bits per heavy atom. The average Bonchev–Trinajstić information content (AvgIpc) is 2.99. The molecule has 0 bridgehead atoms. The van der Waals surface area contributed by atoms with E-state index in [-0.39, 0.29) is 5.75 Å². The number of nitrogens with zero attached hydrogens (tertiary/aromatic N) is 2. The van der Waals surface area contributed by atoms with E-state index in [9.17, 15) is 5.11 Å². The molecule has 2 N–H and O–H groups in total. The van der Waals surface area contributed by atoms with Gasteiger partial charge in [-0.1, -0.05) is 29.8 Å². The van der Waals surface area contributed by atoms with Crippen molar-refractivity contribution in [3.8, 4) is 17.0 Å². The van der Waals surface area contributed by atoms with Gasteiger partial charge in [0, 0.05) is 10.9 Å². The molecular weight excluding hydrogens is 294 g/mol. The topological polar surface area (TPSA) is 57.5 Å². The zero-order valence-electron chi connectivity index (χ0n) is 12.0. The minimum atomic E-state index is 0.243. The monoisotopic (exact) mass is 309 g/mol. The fourth-order valence-electron chi connectivity index (χ4n) is 1.90. The van der Waals surface area contributed by atoms with Crippen molar-refractivity contribution in [2.45, 2.75) is 6.92 Å². The fourth-order valence-corrected chi connectivity index (χ4v) is 2.57. The lowest BCUT2D eigenvalue weighted by molar-refractivity contribution is 0.475. The average molecular weight is 309 g/mol. The van der Waals surface area contributed by atoms with E-state index < -0.39 is 0 Å². The summed E-state index contributed by atoms with van der Waals surface area (Å²) in [6, 6.07) is 15.1. The van der Waals surface area contributed by atoms with Crippen LogP contribution in [-0.4, -0.2) is 16.3 Å². The molecular formula is C17H15N3OS. The molecule has 5 heteroatoms. The summed E-state index contributed by atoms with van der Waals surface area (Å²) in [5.74, 6) is 0.243. The molecule has 3 aromatic rings. The number of aryl methyl sites for hydroxylation is 1. The van der Waals surface area contributed by atoms with Crippen LogP contribution in [0, 0.1) is 6.92 Å². The number of thiazole rings is 1. The molecule has 0 aliphatic carbocycles. The van der Waals surface area contributed by atoms with E-state index in [1.807, 2.05) is 5.38 Å². The fraction of sp³-hybridized carbons (Fsp3) is 0.0588. The molecule has 0 aliphatic rings. The second kappa shape index (κ2) is 6.41. The number of hydrazone groups is 1. The van der Waals surface area contributed by atoms with Gasteiger partial charge in [-0.15, -0.1) is 11.3 Å². The Labute approximate surface area is 132 Å². The van der Waals surface area contributed by atoms with Crippen LogP contribution in [0.5, 0.6) is 5.75 Å². The largest absolute Gasteiger partial charge is 0.508 e. The van der Waals surface area contributed by atoms with E-state index in [0.717, 1.165) is 22.0 Å². The van der Waals surface area contributed by atoms with Crippen molar-refractivity contribution in [1.29, 1.82) is 0 Å². The van der Waals surface area contributed by atoms with E-state index in [1.165, 1.54) is 16.9 Å². The quantitative estimate of drug-likeness (QED) is 0.559. The molecule has 0 radical (unpaired) electrons. The number of aromatic hydroxyl groups is 1.